The van der Waals surface area contributed by atoms with Gasteiger partial charge in [-0.05, 0) is 18.6 Å². The van der Waals surface area contributed by atoms with Crippen LogP contribution in [0.2, 0.25) is 0 Å². The largest absolute Gasteiger partial charge is 0.508 e. The summed E-state index contributed by atoms with van der Waals surface area (Å²) >= 11 is 0. The number of nitrogens with zero attached hydrogens (tertiary/aromatic N) is 4. The summed E-state index contributed by atoms with van der Waals surface area (Å²) in [6, 6.07) is 4.04. The van der Waals surface area contributed by atoms with Gasteiger partial charge in [0.1, 0.15) is 24.4 Å². The molecule has 1 aromatic carbocycles. The molecule has 4 N–H and O–H groups in total. The number of hydrogen-bond acceptors (Lipinski definition) is 9. The highest BCUT2D eigenvalue weighted by atomic mass is 32.2. The maximum atomic E-state index is 12.8. The first-order valence-electron chi connectivity index (χ1n) is 8.74. The van der Waals surface area contributed by atoms with Crippen LogP contribution in [0.1, 0.15) is 18.2 Å². The predicted octanol–water partition coefficient (Wildman–Crippen LogP) is 0.282. The van der Waals surface area contributed by atoms with Crippen LogP contribution in [-0.4, -0.2) is 62.1 Å². The molecule has 0 radical (unpaired) electrons. The zero-order valence-corrected chi connectivity index (χ0v) is 16.1. The molecule has 1 aliphatic rings. The van der Waals surface area contributed by atoms with Gasteiger partial charge < -0.3 is 20.1 Å². The molecule has 12 heteroatoms. The number of aryl methyl sites for hydroxylation is 1. The molecule has 29 heavy (non-hydrogen) atoms. The van der Waals surface area contributed by atoms with E-state index in [1.165, 1.54) is 24.8 Å². The lowest BCUT2D eigenvalue weighted by molar-refractivity contribution is -0.0432. The third-order valence-electron chi connectivity index (χ3n) is 4.75. The number of phenols is 1. The highest BCUT2D eigenvalue weighted by molar-refractivity contribution is 7.92. The first-order chi connectivity index (χ1) is 13.8. The lowest BCUT2D eigenvalue weighted by Gasteiger charge is -2.14. The van der Waals surface area contributed by atoms with Crippen molar-refractivity contribution in [1.29, 1.82) is 0 Å². The Morgan fingerprint density at radius 2 is 2.10 bits per heavy atom. The highest BCUT2D eigenvalue weighted by Crippen LogP contribution is 2.32. The number of sulfonamides is 1. The Morgan fingerprint density at radius 3 is 2.83 bits per heavy atom. The molecular formula is C17H19N5O6S. The van der Waals surface area contributed by atoms with Gasteiger partial charge in [-0.25, -0.2) is 23.4 Å². The number of nitrogens with one attached hydrogen (secondary N) is 1. The Labute approximate surface area is 165 Å². The van der Waals surface area contributed by atoms with E-state index in [0.717, 1.165) is 6.07 Å². The molecule has 4 rings (SSSR count). The van der Waals surface area contributed by atoms with Gasteiger partial charge in [0.05, 0.1) is 23.9 Å². The number of hydrogen-bond donors (Lipinski definition) is 4. The molecule has 1 saturated heterocycles. The Kier molecular flexibility index (Phi) is 4.86. The van der Waals surface area contributed by atoms with Crippen molar-refractivity contribution in [3.05, 3.63) is 36.4 Å². The van der Waals surface area contributed by atoms with Crippen molar-refractivity contribution in [3.8, 4) is 5.75 Å². The minimum Gasteiger partial charge on any atom is -0.508 e. The number of aliphatic hydroxyl groups excluding tert-OH is 2. The molecule has 0 bridgehead atoms. The van der Waals surface area contributed by atoms with Crippen molar-refractivity contribution in [2.75, 3.05) is 11.3 Å². The van der Waals surface area contributed by atoms with E-state index >= 15 is 0 Å². The van der Waals surface area contributed by atoms with Crippen LogP contribution >= 0.6 is 0 Å². The van der Waals surface area contributed by atoms with Gasteiger partial charge in [-0.2, -0.15) is 0 Å². The molecule has 154 valence electrons. The van der Waals surface area contributed by atoms with E-state index in [4.69, 9.17) is 4.74 Å². The molecule has 11 nitrogen and oxygen atoms in total. The van der Waals surface area contributed by atoms with Gasteiger partial charge in [0.25, 0.3) is 10.0 Å². The molecular weight excluding hydrogens is 402 g/mol. The number of fused-ring (bicyclic) bond motifs is 1. The van der Waals surface area contributed by atoms with Crippen LogP contribution in [0, 0.1) is 6.92 Å². The van der Waals surface area contributed by atoms with Crippen LogP contribution in [-0.2, 0) is 14.8 Å². The topological polar surface area (TPSA) is 160 Å². The molecule has 3 heterocycles. The fraction of sp³-hybridized carbons (Fsp3) is 0.353. The first-order valence-corrected chi connectivity index (χ1v) is 10.2. The summed E-state index contributed by atoms with van der Waals surface area (Å²) in [6.45, 7) is 1.28. The summed E-state index contributed by atoms with van der Waals surface area (Å²) in [7, 11) is -4.04. The summed E-state index contributed by atoms with van der Waals surface area (Å²) in [5.41, 5.74) is 0.954. The van der Waals surface area contributed by atoms with Gasteiger partial charge >= 0.3 is 0 Å². The van der Waals surface area contributed by atoms with E-state index in [9.17, 15) is 23.7 Å². The molecule has 0 unspecified atom stereocenters. The van der Waals surface area contributed by atoms with Crippen LogP contribution in [0.4, 0.5) is 5.82 Å². The summed E-state index contributed by atoms with van der Waals surface area (Å²) < 4.78 is 35.1. The quantitative estimate of drug-likeness (QED) is 0.454. The Hall–Kier alpha value is -2.80. The highest BCUT2D eigenvalue weighted by Gasteiger charge is 2.35. The zero-order chi connectivity index (χ0) is 20.8. The van der Waals surface area contributed by atoms with Gasteiger partial charge in [0, 0.05) is 12.5 Å². The second-order valence-corrected chi connectivity index (χ2v) is 8.37. The van der Waals surface area contributed by atoms with Crippen molar-refractivity contribution >= 4 is 27.0 Å². The van der Waals surface area contributed by atoms with Crippen LogP contribution in [0.15, 0.2) is 35.7 Å². The number of aromatic nitrogens is 4. The smallest absolute Gasteiger partial charge is 0.263 e. The standard InChI is InChI=1S/C17H19N5O6S/c1-9-2-3-10(24)4-13(9)29(26,27)21-16-15-17(19-7-18-16)22(8-20-15)14-5-11(25)12(6-23)28-14/h2-4,7-8,11-12,14,23-25H,5-6H2,1H3,(H,18,19,21)/t11-,12+,14+/m0/s1. The van der Waals surface area contributed by atoms with Crippen molar-refractivity contribution in [1.82, 2.24) is 19.5 Å². The van der Waals surface area contributed by atoms with Gasteiger partial charge in [-0.1, -0.05) is 6.07 Å². The summed E-state index contributed by atoms with van der Waals surface area (Å²) in [6.07, 6.45) is 0.655. The fourth-order valence-corrected chi connectivity index (χ4v) is 4.53. The van der Waals surface area contributed by atoms with E-state index in [1.54, 1.807) is 11.5 Å². The Balaban J connectivity index is 1.69. The maximum absolute atomic E-state index is 12.8. The SMILES string of the molecule is Cc1ccc(O)cc1S(=O)(=O)Nc1ncnc2c1ncn2[C@H]1C[C@H](O)[C@@H](CO)O1. The van der Waals surface area contributed by atoms with Crippen molar-refractivity contribution < 1.29 is 28.5 Å². The lowest BCUT2D eigenvalue weighted by Crippen LogP contribution is -2.24. The van der Waals surface area contributed by atoms with E-state index in [1.807, 2.05) is 0 Å². The first kappa shape index (κ1) is 19.5. The van der Waals surface area contributed by atoms with Gasteiger partial charge in [-0.3, -0.25) is 9.29 Å². The molecule has 0 aliphatic carbocycles. The number of aliphatic hydroxyl groups is 2. The average Bonchev–Trinajstić information content (AvgIpc) is 3.27. The monoisotopic (exact) mass is 421 g/mol. The average molecular weight is 421 g/mol. The maximum Gasteiger partial charge on any atom is 0.263 e. The van der Waals surface area contributed by atoms with Crippen LogP contribution < -0.4 is 4.72 Å². The molecule has 0 saturated carbocycles. The third-order valence-corrected chi connectivity index (χ3v) is 6.23. The fourth-order valence-electron chi connectivity index (χ4n) is 3.25. The van der Waals surface area contributed by atoms with Crippen LogP contribution in [0.5, 0.6) is 5.75 Å². The van der Waals surface area contributed by atoms with Gasteiger partial charge in [0.2, 0.25) is 0 Å². The number of ether oxygens (including phenoxy) is 1. The van der Waals surface area contributed by atoms with Crippen LogP contribution in [0.25, 0.3) is 11.2 Å². The van der Waals surface area contributed by atoms with Crippen molar-refractivity contribution in [2.24, 2.45) is 0 Å². The van der Waals surface area contributed by atoms with Gasteiger partial charge in [0.15, 0.2) is 17.0 Å². The molecule has 1 fully saturated rings. The summed E-state index contributed by atoms with van der Waals surface area (Å²) in [5, 5.41) is 28.8. The molecule has 3 atom stereocenters. The summed E-state index contributed by atoms with van der Waals surface area (Å²) in [5.74, 6) is -0.211. The summed E-state index contributed by atoms with van der Waals surface area (Å²) in [4.78, 5) is 12.2. The lowest BCUT2D eigenvalue weighted by atomic mass is 10.2. The second kappa shape index (κ2) is 7.22. The third kappa shape index (κ3) is 3.51. The van der Waals surface area contributed by atoms with E-state index in [-0.39, 0.29) is 35.0 Å². The van der Waals surface area contributed by atoms with E-state index in [0.29, 0.717) is 11.2 Å². The molecule has 0 amide bonds. The Bertz CT molecular complexity index is 1160. The van der Waals surface area contributed by atoms with E-state index in [2.05, 4.69) is 19.7 Å². The van der Waals surface area contributed by atoms with Crippen LogP contribution in [0.3, 0.4) is 0 Å². The molecule has 0 spiro atoms. The molecule has 1 aliphatic heterocycles. The number of imidazole rings is 1. The minimum absolute atomic E-state index is 0.0336. The minimum atomic E-state index is -4.04. The van der Waals surface area contributed by atoms with Crippen molar-refractivity contribution in [3.63, 3.8) is 0 Å². The number of phenolic OH excluding ortho intramolecular Hbond substituents is 1. The normalized spacial score (nSPS) is 22.2. The number of aromatic hydroxyl groups is 1. The van der Waals surface area contributed by atoms with Gasteiger partial charge in [-0.15, -0.1) is 0 Å². The number of rotatable bonds is 5. The molecule has 2 aromatic heterocycles. The van der Waals surface area contributed by atoms with Crippen molar-refractivity contribution in [2.45, 2.75) is 36.7 Å². The second-order valence-electron chi connectivity index (χ2n) is 6.72. The predicted molar refractivity (Wildman–Crippen MR) is 101 cm³/mol. The molecule has 3 aromatic rings. The zero-order valence-electron chi connectivity index (χ0n) is 15.3. The Morgan fingerprint density at radius 1 is 1.31 bits per heavy atom. The number of anilines is 1. The number of benzene rings is 1. The van der Waals surface area contributed by atoms with E-state index < -0.39 is 28.5 Å².